The molecule has 28 heavy (non-hydrogen) atoms. The summed E-state index contributed by atoms with van der Waals surface area (Å²) in [4.78, 5) is 20.0. The summed E-state index contributed by atoms with van der Waals surface area (Å²) in [6, 6.07) is 8.24. The minimum Gasteiger partial charge on any atom is -0.347 e. The molecule has 1 aliphatic rings. The smallest absolute Gasteiger partial charge is 0.256 e. The molecule has 3 aromatic rings. The molecular weight excluding hydrogens is 355 g/mol. The quantitative estimate of drug-likeness (QED) is 0.684. The fraction of sp³-hybridized carbons (Fsp3) is 0.364. The Bertz CT molecular complexity index is 1020. The Balaban J connectivity index is 1.72. The molecule has 146 valence electrons. The van der Waals surface area contributed by atoms with Crippen molar-refractivity contribution in [3.63, 3.8) is 0 Å². The zero-order valence-electron chi connectivity index (χ0n) is 16.7. The van der Waals surface area contributed by atoms with Gasteiger partial charge in [-0.3, -0.25) is 4.79 Å². The average molecular weight is 380 g/mol. The third-order valence-corrected chi connectivity index (χ3v) is 5.73. The summed E-state index contributed by atoms with van der Waals surface area (Å²) in [5.74, 6) is 0.955. The molecule has 0 N–H and O–H groups in total. The summed E-state index contributed by atoms with van der Waals surface area (Å²) in [7, 11) is 1.94. The first-order valence-electron chi connectivity index (χ1n) is 9.62. The van der Waals surface area contributed by atoms with Crippen molar-refractivity contribution in [3.8, 4) is 11.3 Å². The van der Waals surface area contributed by atoms with Gasteiger partial charge in [-0.05, 0) is 48.7 Å². The Morgan fingerprint density at radius 2 is 1.93 bits per heavy atom. The first-order chi connectivity index (χ1) is 13.4. The molecule has 0 fully saturated rings. The van der Waals surface area contributed by atoms with Crippen LogP contribution in [0, 0.1) is 18.7 Å². The maximum Gasteiger partial charge on any atom is 0.256 e. The van der Waals surface area contributed by atoms with E-state index in [-0.39, 0.29) is 23.7 Å². The summed E-state index contributed by atoms with van der Waals surface area (Å²) >= 11 is 0. The van der Waals surface area contributed by atoms with Crippen LogP contribution in [0.15, 0.2) is 42.7 Å². The second-order valence-corrected chi connectivity index (χ2v) is 7.76. The molecule has 1 atom stereocenters. The van der Waals surface area contributed by atoms with Crippen LogP contribution in [0.25, 0.3) is 11.3 Å². The van der Waals surface area contributed by atoms with Gasteiger partial charge >= 0.3 is 0 Å². The van der Waals surface area contributed by atoms with E-state index in [0.29, 0.717) is 12.1 Å². The van der Waals surface area contributed by atoms with Crippen molar-refractivity contribution in [2.24, 2.45) is 13.0 Å². The van der Waals surface area contributed by atoms with Gasteiger partial charge in [-0.1, -0.05) is 13.8 Å². The fourth-order valence-electron chi connectivity index (χ4n) is 4.12. The number of imidazole rings is 1. The molecule has 1 aromatic carbocycles. The highest BCUT2D eigenvalue weighted by atomic mass is 19.1. The molecule has 0 spiro atoms. The normalized spacial score (nSPS) is 16.5. The highest BCUT2D eigenvalue weighted by Crippen LogP contribution is 2.34. The number of benzene rings is 1. The number of carbonyl (C=O) groups is 1. The van der Waals surface area contributed by atoms with Crippen molar-refractivity contribution in [2.75, 3.05) is 6.54 Å². The van der Waals surface area contributed by atoms with E-state index in [1.807, 2.05) is 35.7 Å². The van der Waals surface area contributed by atoms with E-state index in [4.69, 9.17) is 0 Å². The van der Waals surface area contributed by atoms with Gasteiger partial charge in [-0.15, -0.1) is 0 Å². The van der Waals surface area contributed by atoms with E-state index in [0.717, 1.165) is 29.3 Å². The number of rotatable bonds is 3. The highest BCUT2D eigenvalue weighted by molar-refractivity contribution is 5.97. The lowest BCUT2D eigenvalue weighted by Crippen LogP contribution is -2.44. The highest BCUT2D eigenvalue weighted by Gasteiger charge is 2.35. The SMILES string of the molecule is Cc1c(C(=O)N2CCn3ccnc3C2C(C)C)cc(-c2ccc(F)cc2)n1C. The largest absolute Gasteiger partial charge is 0.347 e. The first kappa shape index (κ1) is 18.5. The van der Waals surface area contributed by atoms with Crippen molar-refractivity contribution in [3.05, 3.63) is 65.6 Å². The zero-order valence-corrected chi connectivity index (χ0v) is 16.7. The molecule has 1 unspecified atom stereocenters. The summed E-state index contributed by atoms with van der Waals surface area (Å²) < 4.78 is 17.4. The van der Waals surface area contributed by atoms with Gasteiger partial charge in [0.1, 0.15) is 11.6 Å². The molecular formula is C22H25FN4O. The van der Waals surface area contributed by atoms with E-state index >= 15 is 0 Å². The van der Waals surface area contributed by atoms with Crippen LogP contribution in [0.5, 0.6) is 0 Å². The van der Waals surface area contributed by atoms with E-state index in [2.05, 4.69) is 23.4 Å². The predicted octanol–water partition coefficient (Wildman–Crippen LogP) is 4.19. The topological polar surface area (TPSA) is 43.1 Å². The second kappa shape index (κ2) is 6.93. The molecule has 5 nitrogen and oxygen atoms in total. The maximum atomic E-state index is 13.5. The van der Waals surface area contributed by atoms with Crippen LogP contribution in [-0.2, 0) is 13.6 Å². The van der Waals surface area contributed by atoms with Crippen molar-refractivity contribution >= 4 is 5.91 Å². The van der Waals surface area contributed by atoms with Gasteiger partial charge in [0.25, 0.3) is 5.91 Å². The molecule has 1 aliphatic heterocycles. The number of amides is 1. The molecule has 4 rings (SSSR count). The van der Waals surface area contributed by atoms with E-state index < -0.39 is 0 Å². The van der Waals surface area contributed by atoms with E-state index in [9.17, 15) is 9.18 Å². The average Bonchev–Trinajstić information content (AvgIpc) is 3.26. The summed E-state index contributed by atoms with van der Waals surface area (Å²) in [5, 5.41) is 0. The lowest BCUT2D eigenvalue weighted by atomic mass is 9.98. The number of halogens is 1. The van der Waals surface area contributed by atoms with Crippen LogP contribution in [0.3, 0.4) is 0 Å². The lowest BCUT2D eigenvalue weighted by Gasteiger charge is -2.38. The van der Waals surface area contributed by atoms with Crippen LogP contribution in [0.2, 0.25) is 0 Å². The third-order valence-electron chi connectivity index (χ3n) is 5.73. The van der Waals surface area contributed by atoms with Crippen molar-refractivity contribution in [1.82, 2.24) is 19.0 Å². The summed E-state index contributed by atoms with van der Waals surface area (Å²) in [5.41, 5.74) is 3.38. The molecule has 0 saturated carbocycles. The van der Waals surface area contributed by atoms with Gasteiger partial charge < -0.3 is 14.0 Å². The number of fused-ring (bicyclic) bond motifs is 1. The molecule has 2 aromatic heterocycles. The Hall–Kier alpha value is -2.89. The molecule has 0 bridgehead atoms. The van der Waals surface area contributed by atoms with Crippen LogP contribution in [-0.4, -0.2) is 31.5 Å². The number of aromatic nitrogens is 3. The van der Waals surface area contributed by atoms with E-state index in [1.54, 1.807) is 18.3 Å². The minimum absolute atomic E-state index is 0.0226. The van der Waals surface area contributed by atoms with Crippen molar-refractivity contribution in [2.45, 2.75) is 33.4 Å². The van der Waals surface area contributed by atoms with E-state index in [1.165, 1.54) is 12.1 Å². The van der Waals surface area contributed by atoms with Crippen LogP contribution in [0.1, 0.15) is 41.8 Å². The van der Waals surface area contributed by atoms with Gasteiger partial charge in [-0.25, -0.2) is 9.37 Å². The number of nitrogens with zero attached hydrogens (tertiary/aromatic N) is 4. The zero-order chi connectivity index (χ0) is 20.0. The van der Waals surface area contributed by atoms with Crippen molar-refractivity contribution < 1.29 is 9.18 Å². The molecule has 0 aliphatic carbocycles. The lowest BCUT2D eigenvalue weighted by molar-refractivity contribution is 0.0546. The van der Waals surface area contributed by atoms with Gasteiger partial charge in [0.2, 0.25) is 0 Å². The van der Waals surface area contributed by atoms with Crippen LogP contribution >= 0.6 is 0 Å². The monoisotopic (exact) mass is 380 g/mol. The standard InChI is InChI=1S/C22H25FN4O/c1-14(2)20-21-24-9-10-26(21)11-12-27(20)22(28)18-13-19(25(4)15(18)3)16-5-7-17(23)8-6-16/h5-10,13-14,20H,11-12H2,1-4H3. The Labute approximate surface area is 164 Å². The van der Waals surface area contributed by atoms with Crippen LogP contribution in [0.4, 0.5) is 4.39 Å². The number of carbonyl (C=O) groups excluding carboxylic acids is 1. The molecule has 3 heterocycles. The Morgan fingerprint density at radius 3 is 2.61 bits per heavy atom. The number of hydrogen-bond donors (Lipinski definition) is 0. The molecule has 1 amide bonds. The third kappa shape index (κ3) is 2.93. The van der Waals surface area contributed by atoms with Crippen molar-refractivity contribution in [1.29, 1.82) is 0 Å². The second-order valence-electron chi connectivity index (χ2n) is 7.76. The summed E-state index contributed by atoms with van der Waals surface area (Å²) in [6.45, 7) is 7.61. The fourth-order valence-corrected chi connectivity index (χ4v) is 4.12. The maximum absolute atomic E-state index is 13.5. The Morgan fingerprint density at radius 1 is 1.21 bits per heavy atom. The van der Waals surface area contributed by atoms with Gasteiger partial charge in [0, 0.05) is 43.9 Å². The Kier molecular flexibility index (Phi) is 4.57. The van der Waals surface area contributed by atoms with Gasteiger partial charge in [-0.2, -0.15) is 0 Å². The minimum atomic E-state index is -0.269. The first-order valence-corrected chi connectivity index (χ1v) is 9.62. The molecule has 0 saturated heterocycles. The van der Waals surface area contributed by atoms with Gasteiger partial charge in [0.05, 0.1) is 11.6 Å². The summed E-state index contributed by atoms with van der Waals surface area (Å²) in [6.07, 6.45) is 3.78. The predicted molar refractivity (Wildman–Crippen MR) is 106 cm³/mol. The number of hydrogen-bond acceptors (Lipinski definition) is 2. The van der Waals surface area contributed by atoms with Gasteiger partial charge in [0.15, 0.2) is 0 Å². The van der Waals surface area contributed by atoms with Crippen LogP contribution < -0.4 is 0 Å². The molecule has 0 radical (unpaired) electrons. The molecule has 6 heteroatoms.